The molecule has 2 N–H and O–H groups in total. The van der Waals surface area contributed by atoms with Gasteiger partial charge >= 0.3 is 5.97 Å². The van der Waals surface area contributed by atoms with Crippen molar-refractivity contribution in [2.24, 2.45) is 5.73 Å². The first-order valence-corrected chi connectivity index (χ1v) is 6.54. The Morgan fingerprint density at radius 1 is 1.47 bits per heavy atom. The molecule has 1 aromatic rings. The summed E-state index contributed by atoms with van der Waals surface area (Å²) in [5.41, 5.74) is 6.08. The Hall–Kier alpha value is -1.55. The maximum Gasteiger partial charge on any atom is 0.325 e. The van der Waals surface area contributed by atoms with E-state index < -0.39 is 11.5 Å². The number of carbonyl (C=O) groups excluding carboxylic acids is 1. The van der Waals surface area contributed by atoms with Crippen LogP contribution in [-0.4, -0.2) is 24.2 Å². The Morgan fingerprint density at radius 3 is 2.74 bits per heavy atom. The standard InChI is InChI=1S/C15H23NO3/c1-5-18-14(17)15(4,16)10-12(3)19-13-8-6-7-11(2)9-13/h6-9,12H,5,10,16H2,1-4H3. The first kappa shape index (κ1) is 15.5. The van der Waals surface area contributed by atoms with Gasteiger partial charge in [0.2, 0.25) is 0 Å². The summed E-state index contributed by atoms with van der Waals surface area (Å²) in [5.74, 6) is 0.391. The molecule has 4 nitrogen and oxygen atoms in total. The molecule has 0 aliphatic carbocycles. The molecule has 106 valence electrons. The summed E-state index contributed by atoms with van der Waals surface area (Å²) in [6, 6.07) is 7.78. The Kier molecular flexibility index (Phi) is 5.36. The van der Waals surface area contributed by atoms with Crippen molar-refractivity contribution in [3.8, 4) is 5.75 Å². The lowest BCUT2D eigenvalue weighted by molar-refractivity contribution is -0.149. The Bertz CT molecular complexity index is 429. The fraction of sp³-hybridized carbons (Fsp3) is 0.533. The fourth-order valence-electron chi connectivity index (χ4n) is 1.94. The average Bonchev–Trinajstić information content (AvgIpc) is 2.28. The minimum atomic E-state index is -1.03. The average molecular weight is 265 g/mol. The minimum absolute atomic E-state index is 0.166. The van der Waals surface area contributed by atoms with Gasteiger partial charge in [0, 0.05) is 6.42 Å². The quantitative estimate of drug-likeness (QED) is 0.802. The SMILES string of the molecule is CCOC(=O)C(C)(N)CC(C)Oc1cccc(C)c1. The summed E-state index contributed by atoms with van der Waals surface area (Å²) >= 11 is 0. The van der Waals surface area contributed by atoms with E-state index in [1.807, 2.05) is 38.1 Å². The van der Waals surface area contributed by atoms with Crippen LogP contribution in [0.2, 0.25) is 0 Å². The van der Waals surface area contributed by atoms with Crippen LogP contribution in [-0.2, 0) is 9.53 Å². The summed E-state index contributed by atoms with van der Waals surface area (Å²) in [6.07, 6.45) is 0.237. The number of hydrogen-bond donors (Lipinski definition) is 1. The predicted molar refractivity (Wildman–Crippen MR) is 75.1 cm³/mol. The molecule has 4 heteroatoms. The third kappa shape index (κ3) is 4.91. The molecule has 0 aromatic heterocycles. The van der Waals surface area contributed by atoms with Gasteiger partial charge in [-0.05, 0) is 45.4 Å². The number of aryl methyl sites for hydroxylation is 1. The van der Waals surface area contributed by atoms with Crippen LogP contribution in [0, 0.1) is 6.92 Å². The van der Waals surface area contributed by atoms with E-state index >= 15 is 0 Å². The number of benzene rings is 1. The van der Waals surface area contributed by atoms with E-state index in [2.05, 4.69) is 0 Å². The molecular formula is C15H23NO3. The number of carbonyl (C=O) groups is 1. The number of nitrogens with two attached hydrogens (primary N) is 1. The first-order chi connectivity index (χ1) is 8.85. The molecule has 0 heterocycles. The van der Waals surface area contributed by atoms with E-state index in [0.29, 0.717) is 13.0 Å². The monoisotopic (exact) mass is 265 g/mol. The highest BCUT2D eigenvalue weighted by atomic mass is 16.5. The molecule has 0 fully saturated rings. The van der Waals surface area contributed by atoms with Gasteiger partial charge in [-0.25, -0.2) is 0 Å². The van der Waals surface area contributed by atoms with Crippen molar-refractivity contribution in [1.82, 2.24) is 0 Å². The molecule has 0 aliphatic heterocycles. The lowest BCUT2D eigenvalue weighted by atomic mass is 9.96. The summed E-state index contributed by atoms with van der Waals surface area (Å²) in [5, 5.41) is 0. The maximum absolute atomic E-state index is 11.7. The summed E-state index contributed by atoms with van der Waals surface area (Å²) in [7, 11) is 0. The van der Waals surface area contributed by atoms with E-state index in [1.165, 1.54) is 0 Å². The molecule has 1 rings (SSSR count). The van der Waals surface area contributed by atoms with Crippen molar-refractivity contribution in [1.29, 1.82) is 0 Å². The van der Waals surface area contributed by atoms with E-state index in [1.54, 1.807) is 13.8 Å². The van der Waals surface area contributed by atoms with Gasteiger partial charge in [-0.1, -0.05) is 12.1 Å². The van der Waals surface area contributed by atoms with Crippen molar-refractivity contribution in [2.75, 3.05) is 6.61 Å². The summed E-state index contributed by atoms with van der Waals surface area (Å²) < 4.78 is 10.7. The molecule has 2 atom stereocenters. The largest absolute Gasteiger partial charge is 0.491 e. The van der Waals surface area contributed by atoms with Gasteiger partial charge in [0.05, 0.1) is 12.7 Å². The van der Waals surface area contributed by atoms with Crippen molar-refractivity contribution >= 4 is 5.97 Å². The van der Waals surface area contributed by atoms with Crippen LogP contribution >= 0.6 is 0 Å². The Morgan fingerprint density at radius 2 is 2.16 bits per heavy atom. The molecular weight excluding hydrogens is 242 g/mol. The van der Waals surface area contributed by atoms with Gasteiger partial charge in [0.25, 0.3) is 0 Å². The van der Waals surface area contributed by atoms with Crippen LogP contribution in [0.15, 0.2) is 24.3 Å². The van der Waals surface area contributed by atoms with E-state index in [-0.39, 0.29) is 6.10 Å². The lowest BCUT2D eigenvalue weighted by Crippen LogP contribution is -2.49. The molecule has 19 heavy (non-hydrogen) atoms. The number of hydrogen-bond acceptors (Lipinski definition) is 4. The highest BCUT2D eigenvalue weighted by Crippen LogP contribution is 2.19. The number of esters is 1. The molecule has 0 radical (unpaired) electrons. The fourth-order valence-corrected chi connectivity index (χ4v) is 1.94. The summed E-state index contributed by atoms with van der Waals surface area (Å²) in [4.78, 5) is 11.7. The zero-order valence-electron chi connectivity index (χ0n) is 12.1. The van der Waals surface area contributed by atoms with E-state index in [0.717, 1.165) is 11.3 Å². The number of rotatable bonds is 6. The number of ether oxygens (including phenoxy) is 2. The molecule has 0 amide bonds. The first-order valence-electron chi connectivity index (χ1n) is 6.54. The molecule has 0 spiro atoms. The second-order valence-corrected chi connectivity index (χ2v) is 5.09. The topological polar surface area (TPSA) is 61.5 Å². The molecule has 1 aromatic carbocycles. The maximum atomic E-state index is 11.7. The zero-order chi connectivity index (χ0) is 14.5. The Balaban J connectivity index is 2.59. The van der Waals surface area contributed by atoms with Gasteiger partial charge < -0.3 is 15.2 Å². The van der Waals surface area contributed by atoms with E-state index in [4.69, 9.17) is 15.2 Å². The molecule has 0 aliphatic rings. The van der Waals surface area contributed by atoms with Gasteiger partial charge in [0.15, 0.2) is 0 Å². The van der Waals surface area contributed by atoms with Gasteiger partial charge in [-0.3, -0.25) is 4.79 Å². The second kappa shape index (κ2) is 6.57. The molecule has 0 bridgehead atoms. The van der Waals surface area contributed by atoms with Crippen LogP contribution in [0.3, 0.4) is 0 Å². The van der Waals surface area contributed by atoms with Crippen molar-refractivity contribution in [3.63, 3.8) is 0 Å². The molecule has 0 saturated heterocycles. The lowest BCUT2D eigenvalue weighted by Gasteiger charge is -2.26. The van der Waals surface area contributed by atoms with Crippen LogP contribution < -0.4 is 10.5 Å². The second-order valence-electron chi connectivity index (χ2n) is 5.09. The predicted octanol–water partition coefficient (Wildman–Crippen LogP) is 2.43. The van der Waals surface area contributed by atoms with Gasteiger partial charge in [-0.15, -0.1) is 0 Å². The van der Waals surface area contributed by atoms with Gasteiger partial charge in [-0.2, -0.15) is 0 Å². The highest BCUT2D eigenvalue weighted by Gasteiger charge is 2.32. The third-order valence-electron chi connectivity index (χ3n) is 2.78. The van der Waals surface area contributed by atoms with Crippen LogP contribution in [0.1, 0.15) is 32.8 Å². The van der Waals surface area contributed by atoms with Crippen molar-refractivity contribution in [3.05, 3.63) is 29.8 Å². The van der Waals surface area contributed by atoms with Crippen LogP contribution in [0.4, 0.5) is 0 Å². The Labute approximate surface area is 114 Å². The smallest absolute Gasteiger partial charge is 0.325 e. The zero-order valence-corrected chi connectivity index (χ0v) is 12.1. The summed E-state index contributed by atoms with van der Waals surface area (Å²) in [6.45, 7) is 7.66. The van der Waals surface area contributed by atoms with Crippen molar-refractivity contribution < 1.29 is 14.3 Å². The molecule has 0 saturated carbocycles. The van der Waals surface area contributed by atoms with E-state index in [9.17, 15) is 4.79 Å². The van der Waals surface area contributed by atoms with Crippen LogP contribution in [0.5, 0.6) is 5.75 Å². The molecule has 2 unspecified atom stereocenters. The van der Waals surface area contributed by atoms with Crippen molar-refractivity contribution in [2.45, 2.75) is 45.8 Å². The highest BCUT2D eigenvalue weighted by molar-refractivity contribution is 5.80. The normalized spacial score (nSPS) is 15.4. The van der Waals surface area contributed by atoms with Gasteiger partial charge in [0.1, 0.15) is 11.3 Å². The van der Waals surface area contributed by atoms with Crippen LogP contribution in [0.25, 0.3) is 0 Å². The third-order valence-corrected chi connectivity index (χ3v) is 2.78. The minimum Gasteiger partial charge on any atom is -0.491 e.